The average Bonchev–Trinajstić information content (AvgIpc) is 2.76. The molecule has 0 aliphatic heterocycles. The van der Waals surface area contributed by atoms with Crippen molar-refractivity contribution in [2.24, 2.45) is 0 Å². The molecule has 0 aromatic heterocycles. The summed E-state index contributed by atoms with van der Waals surface area (Å²) in [6.45, 7) is 2.64. The van der Waals surface area contributed by atoms with Crippen molar-refractivity contribution in [1.29, 1.82) is 0 Å². The zero-order valence-electron chi connectivity index (χ0n) is 18.9. The molecule has 6 nitrogen and oxygen atoms in total. The van der Waals surface area contributed by atoms with Crippen molar-refractivity contribution in [2.75, 3.05) is 6.54 Å². The van der Waals surface area contributed by atoms with Gasteiger partial charge in [-0.05, 0) is 36.8 Å². The van der Waals surface area contributed by atoms with Gasteiger partial charge in [0.15, 0.2) is 0 Å². The lowest BCUT2D eigenvalue weighted by molar-refractivity contribution is -0.385. The summed E-state index contributed by atoms with van der Waals surface area (Å²) in [4.78, 5) is 23.1. The lowest BCUT2D eigenvalue weighted by Crippen LogP contribution is -2.26. The van der Waals surface area contributed by atoms with E-state index in [4.69, 9.17) is 16.3 Å². The van der Waals surface area contributed by atoms with Gasteiger partial charge in [0.1, 0.15) is 11.5 Å². The van der Waals surface area contributed by atoms with E-state index in [1.54, 1.807) is 0 Å². The smallest absolute Gasteiger partial charge is 0.416 e. The highest BCUT2D eigenvalue weighted by molar-refractivity contribution is 6.32. The van der Waals surface area contributed by atoms with Crippen LogP contribution in [0.15, 0.2) is 36.4 Å². The van der Waals surface area contributed by atoms with Crippen LogP contribution in [0.5, 0.6) is 11.5 Å². The van der Waals surface area contributed by atoms with Crippen molar-refractivity contribution in [3.63, 3.8) is 0 Å². The Morgan fingerprint density at radius 2 is 1.74 bits per heavy atom. The standard InChI is InChI=1S/C24H28ClF3N2O4/c1-2-3-4-5-6-7-8-13-29-23(31)15-17-14-19(10-11-21(17)30(32)33)34-22-12-9-18(16-20(22)25)24(26,27)28/h9-12,14,16H,2-8,13,15H2,1H3,(H,29,31). The molecule has 34 heavy (non-hydrogen) atoms. The molecule has 0 saturated heterocycles. The second-order valence-corrected chi connectivity index (χ2v) is 8.35. The van der Waals surface area contributed by atoms with Crippen molar-refractivity contribution < 1.29 is 27.6 Å². The Morgan fingerprint density at radius 3 is 2.35 bits per heavy atom. The summed E-state index contributed by atoms with van der Waals surface area (Å²) in [5.74, 6) is -0.293. The Balaban J connectivity index is 1.99. The van der Waals surface area contributed by atoms with E-state index in [9.17, 15) is 28.1 Å². The van der Waals surface area contributed by atoms with Crippen LogP contribution in [0, 0.1) is 10.1 Å². The molecule has 0 bridgehead atoms. The molecule has 0 heterocycles. The first kappa shape index (κ1) is 27.4. The predicted octanol–water partition coefficient (Wildman–Crippen LogP) is 7.47. The third kappa shape index (κ3) is 8.85. The maximum Gasteiger partial charge on any atom is 0.416 e. The minimum absolute atomic E-state index is 0.0437. The van der Waals surface area contributed by atoms with Gasteiger partial charge in [0.05, 0.1) is 21.9 Å². The molecule has 0 aliphatic carbocycles. The monoisotopic (exact) mass is 500 g/mol. The van der Waals surface area contributed by atoms with Crippen LogP contribution in [0.25, 0.3) is 0 Å². The van der Waals surface area contributed by atoms with E-state index in [1.165, 1.54) is 43.9 Å². The van der Waals surface area contributed by atoms with Crippen LogP contribution in [0.2, 0.25) is 5.02 Å². The Morgan fingerprint density at radius 1 is 1.06 bits per heavy atom. The maximum absolute atomic E-state index is 12.8. The Hall–Kier alpha value is -2.81. The van der Waals surface area contributed by atoms with Gasteiger partial charge in [0, 0.05) is 18.2 Å². The van der Waals surface area contributed by atoms with Gasteiger partial charge in [-0.3, -0.25) is 14.9 Å². The zero-order chi connectivity index (χ0) is 25.1. The molecule has 186 valence electrons. The van der Waals surface area contributed by atoms with Crippen LogP contribution in [0.3, 0.4) is 0 Å². The number of nitro benzene ring substituents is 1. The van der Waals surface area contributed by atoms with Crippen LogP contribution in [-0.2, 0) is 17.4 Å². The molecule has 1 N–H and O–H groups in total. The number of amides is 1. The van der Waals surface area contributed by atoms with Gasteiger partial charge in [0.25, 0.3) is 5.69 Å². The number of carbonyl (C=O) groups is 1. The van der Waals surface area contributed by atoms with Gasteiger partial charge in [0.2, 0.25) is 5.91 Å². The van der Waals surface area contributed by atoms with E-state index >= 15 is 0 Å². The van der Waals surface area contributed by atoms with E-state index in [0.29, 0.717) is 6.54 Å². The Bertz CT molecular complexity index is 983. The number of benzene rings is 2. The molecule has 0 unspecified atom stereocenters. The molecule has 2 rings (SSSR count). The summed E-state index contributed by atoms with van der Waals surface area (Å²) in [6.07, 6.45) is 2.95. The molecule has 0 fully saturated rings. The molecule has 2 aromatic carbocycles. The second kappa shape index (κ2) is 13.2. The summed E-state index contributed by atoms with van der Waals surface area (Å²) in [7, 11) is 0. The zero-order valence-corrected chi connectivity index (χ0v) is 19.7. The molecule has 0 atom stereocenters. The molecule has 1 amide bonds. The van der Waals surface area contributed by atoms with Crippen LogP contribution >= 0.6 is 11.6 Å². The van der Waals surface area contributed by atoms with Crippen molar-refractivity contribution >= 4 is 23.2 Å². The van der Waals surface area contributed by atoms with Gasteiger partial charge in [-0.1, -0.05) is 57.0 Å². The quantitative estimate of drug-likeness (QED) is 0.176. The summed E-state index contributed by atoms with van der Waals surface area (Å²) >= 11 is 5.91. The number of hydrogen-bond acceptors (Lipinski definition) is 4. The SMILES string of the molecule is CCCCCCCCCNC(=O)Cc1cc(Oc2ccc(C(F)(F)F)cc2Cl)ccc1[N+](=O)[O-]. The van der Waals surface area contributed by atoms with E-state index in [2.05, 4.69) is 12.2 Å². The molecular weight excluding hydrogens is 473 g/mol. The summed E-state index contributed by atoms with van der Waals surface area (Å²) < 4.78 is 44.0. The van der Waals surface area contributed by atoms with Gasteiger partial charge < -0.3 is 10.1 Å². The number of nitrogens with zero attached hydrogens (tertiary/aromatic N) is 1. The van der Waals surface area contributed by atoms with Crippen LogP contribution in [-0.4, -0.2) is 17.4 Å². The molecule has 2 aromatic rings. The molecule has 0 radical (unpaired) electrons. The summed E-state index contributed by atoms with van der Waals surface area (Å²) in [6, 6.07) is 6.43. The molecule has 0 spiro atoms. The topological polar surface area (TPSA) is 81.5 Å². The fourth-order valence-electron chi connectivity index (χ4n) is 3.38. The van der Waals surface area contributed by atoms with Crippen LogP contribution in [0.4, 0.5) is 18.9 Å². The largest absolute Gasteiger partial charge is 0.456 e. The number of unbranched alkanes of at least 4 members (excludes halogenated alkanes) is 6. The Kier molecular flexibility index (Phi) is 10.6. The predicted molar refractivity (Wildman–Crippen MR) is 124 cm³/mol. The lowest BCUT2D eigenvalue weighted by atomic mass is 10.1. The number of ether oxygens (including phenoxy) is 1. The highest BCUT2D eigenvalue weighted by Crippen LogP contribution is 2.37. The Labute approximate surface area is 201 Å². The van der Waals surface area contributed by atoms with E-state index in [0.717, 1.165) is 37.5 Å². The number of halogens is 4. The number of rotatable bonds is 13. The van der Waals surface area contributed by atoms with Gasteiger partial charge in [-0.15, -0.1) is 0 Å². The van der Waals surface area contributed by atoms with E-state index < -0.39 is 16.7 Å². The van der Waals surface area contributed by atoms with Gasteiger partial charge >= 0.3 is 6.18 Å². The third-order valence-electron chi connectivity index (χ3n) is 5.19. The number of hydrogen-bond donors (Lipinski definition) is 1. The minimum atomic E-state index is -4.55. The van der Waals surface area contributed by atoms with E-state index in [1.807, 2.05) is 0 Å². The average molecular weight is 501 g/mol. The third-order valence-corrected chi connectivity index (χ3v) is 5.48. The number of carbonyl (C=O) groups excluding carboxylic acids is 1. The van der Waals surface area contributed by atoms with Crippen LogP contribution < -0.4 is 10.1 Å². The number of nitrogens with one attached hydrogen (secondary N) is 1. The maximum atomic E-state index is 12.8. The molecule has 10 heteroatoms. The van der Waals surface area contributed by atoms with Gasteiger partial charge in [-0.2, -0.15) is 13.2 Å². The van der Waals surface area contributed by atoms with Crippen molar-refractivity contribution in [1.82, 2.24) is 5.32 Å². The molecular formula is C24H28ClF3N2O4. The minimum Gasteiger partial charge on any atom is -0.456 e. The fourth-order valence-corrected chi connectivity index (χ4v) is 3.60. The summed E-state index contributed by atoms with van der Waals surface area (Å²) in [5, 5.41) is 13.9. The number of alkyl halides is 3. The van der Waals surface area contributed by atoms with Crippen LogP contribution in [0.1, 0.15) is 63.0 Å². The van der Waals surface area contributed by atoms with Crippen molar-refractivity contribution in [2.45, 2.75) is 64.5 Å². The number of nitro groups is 1. The highest BCUT2D eigenvalue weighted by atomic mass is 35.5. The first-order valence-electron chi connectivity index (χ1n) is 11.2. The first-order valence-corrected chi connectivity index (χ1v) is 11.6. The highest BCUT2D eigenvalue weighted by Gasteiger charge is 2.31. The molecule has 0 aliphatic rings. The van der Waals surface area contributed by atoms with Gasteiger partial charge in [-0.25, -0.2) is 0 Å². The van der Waals surface area contributed by atoms with Crippen molar-refractivity contribution in [3.05, 3.63) is 62.7 Å². The molecule has 0 saturated carbocycles. The first-order chi connectivity index (χ1) is 16.1. The van der Waals surface area contributed by atoms with E-state index in [-0.39, 0.29) is 40.1 Å². The van der Waals surface area contributed by atoms with Crippen molar-refractivity contribution in [3.8, 4) is 11.5 Å². The fraction of sp³-hybridized carbons (Fsp3) is 0.458. The summed E-state index contributed by atoms with van der Waals surface area (Å²) in [5.41, 5.74) is -1.05. The second-order valence-electron chi connectivity index (χ2n) is 7.94. The normalized spacial score (nSPS) is 11.3. The lowest BCUT2D eigenvalue weighted by Gasteiger charge is -2.12.